The van der Waals surface area contributed by atoms with Crippen LogP contribution in [0, 0.1) is 0 Å². The minimum absolute atomic E-state index is 0. The van der Waals surface area contributed by atoms with Gasteiger partial charge in [-0.1, -0.05) is 0 Å². The summed E-state index contributed by atoms with van der Waals surface area (Å²) in [4.78, 5) is 0. The molecule has 0 bridgehead atoms. The van der Waals surface area contributed by atoms with E-state index in [1.807, 2.05) is 18.2 Å². The Kier molecular flexibility index (Phi) is 4.73. The number of anilines is 2. The van der Waals surface area contributed by atoms with Gasteiger partial charge in [0.25, 0.3) is 0 Å². The van der Waals surface area contributed by atoms with Gasteiger partial charge in [-0.25, -0.2) is 0 Å². The first-order valence-corrected chi connectivity index (χ1v) is 3.62. The van der Waals surface area contributed by atoms with Crippen LogP contribution in [-0.4, -0.2) is 13.2 Å². The lowest BCUT2D eigenvalue weighted by atomic mass is 10.2. The van der Waals surface area contributed by atoms with Gasteiger partial charge in [0, 0.05) is 18.3 Å². The lowest BCUT2D eigenvalue weighted by Gasteiger charge is -2.18. The van der Waals surface area contributed by atoms with E-state index >= 15 is 0 Å². The first-order chi connectivity index (χ1) is 5.36. The lowest BCUT2D eigenvalue weighted by molar-refractivity contribution is 0.323. The zero-order valence-electron chi connectivity index (χ0n) is 6.95. The summed E-state index contributed by atoms with van der Waals surface area (Å²) in [6.45, 7) is 1.59. The van der Waals surface area contributed by atoms with Crippen LogP contribution in [0.2, 0.25) is 0 Å². The van der Waals surface area contributed by atoms with Crippen LogP contribution >= 0.6 is 24.8 Å². The van der Waals surface area contributed by atoms with Gasteiger partial charge >= 0.3 is 0 Å². The van der Waals surface area contributed by atoms with E-state index in [-0.39, 0.29) is 24.8 Å². The van der Waals surface area contributed by atoms with Crippen molar-refractivity contribution in [2.45, 2.75) is 0 Å². The monoisotopic (exact) mass is 222 g/mol. The van der Waals surface area contributed by atoms with Gasteiger partial charge < -0.3 is 15.8 Å². The molecular weight excluding hydrogens is 211 g/mol. The van der Waals surface area contributed by atoms with Crippen molar-refractivity contribution in [1.82, 2.24) is 0 Å². The van der Waals surface area contributed by atoms with Crippen molar-refractivity contribution in [3.8, 4) is 5.75 Å². The Morgan fingerprint density at radius 1 is 1.31 bits per heavy atom. The number of nitrogen functional groups attached to an aromatic ring is 1. The number of fused-ring (bicyclic) bond motifs is 1. The summed E-state index contributed by atoms with van der Waals surface area (Å²) in [6.07, 6.45) is 0. The van der Waals surface area contributed by atoms with Crippen LogP contribution in [0.1, 0.15) is 0 Å². The van der Waals surface area contributed by atoms with Crippen LogP contribution in [0.4, 0.5) is 11.4 Å². The molecule has 74 valence electrons. The van der Waals surface area contributed by atoms with E-state index in [2.05, 4.69) is 5.32 Å². The lowest BCUT2D eigenvalue weighted by Crippen LogP contribution is -2.17. The van der Waals surface area contributed by atoms with Crippen molar-refractivity contribution in [3.05, 3.63) is 18.2 Å². The number of nitrogens with two attached hydrogens (primary N) is 1. The average molecular weight is 223 g/mol. The highest BCUT2D eigenvalue weighted by atomic mass is 35.5. The van der Waals surface area contributed by atoms with Gasteiger partial charge in [-0.3, -0.25) is 0 Å². The van der Waals surface area contributed by atoms with Gasteiger partial charge in [0.05, 0.1) is 5.69 Å². The van der Waals surface area contributed by atoms with E-state index in [1.165, 1.54) is 0 Å². The molecule has 1 aromatic carbocycles. The third-order valence-electron chi connectivity index (χ3n) is 1.68. The summed E-state index contributed by atoms with van der Waals surface area (Å²) in [7, 11) is 0. The fourth-order valence-corrected chi connectivity index (χ4v) is 1.15. The molecule has 3 N–H and O–H groups in total. The number of nitrogens with one attached hydrogen (secondary N) is 1. The summed E-state index contributed by atoms with van der Waals surface area (Å²) in [5.41, 5.74) is 7.35. The van der Waals surface area contributed by atoms with Gasteiger partial charge in [0.1, 0.15) is 12.4 Å². The number of ether oxygens (including phenoxy) is 1. The van der Waals surface area contributed by atoms with Gasteiger partial charge in [-0.15, -0.1) is 24.8 Å². The van der Waals surface area contributed by atoms with E-state index in [0.29, 0.717) is 0 Å². The number of halogens is 2. The number of benzene rings is 1. The number of rotatable bonds is 0. The molecule has 0 fully saturated rings. The summed E-state index contributed by atoms with van der Waals surface area (Å²) < 4.78 is 5.36. The topological polar surface area (TPSA) is 47.3 Å². The predicted octanol–water partition coefficient (Wildman–Crippen LogP) is 1.92. The second-order valence-electron chi connectivity index (χ2n) is 2.53. The normalized spacial score (nSPS) is 12.3. The predicted molar refractivity (Wildman–Crippen MR) is 59.3 cm³/mol. The molecule has 0 aromatic heterocycles. The molecular formula is C8H12Cl2N2O. The fourth-order valence-electron chi connectivity index (χ4n) is 1.15. The molecule has 0 amide bonds. The van der Waals surface area contributed by atoms with Crippen LogP contribution in [-0.2, 0) is 0 Å². The van der Waals surface area contributed by atoms with Gasteiger partial charge in [0.15, 0.2) is 0 Å². The van der Waals surface area contributed by atoms with E-state index in [4.69, 9.17) is 10.5 Å². The molecule has 3 nitrogen and oxygen atoms in total. The van der Waals surface area contributed by atoms with Gasteiger partial charge in [-0.05, 0) is 12.1 Å². The Morgan fingerprint density at radius 3 is 2.85 bits per heavy atom. The second-order valence-corrected chi connectivity index (χ2v) is 2.53. The number of hydrogen-bond donors (Lipinski definition) is 2. The summed E-state index contributed by atoms with van der Waals surface area (Å²) in [5, 5.41) is 3.21. The molecule has 0 aliphatic carbocycles. The standard InChI is InChI=1S/C8H10N2O.2ClH/c9-6-1-2-7-8(5-6)11-4-3-10-7;;/h1-2,5,10H,3-4,9H2;2*1H. The van der Waals surface area contributed by atoms with Crippen LogP contribution in [0.5, 0.6) is 5.75 Å². The maximum Gasteiger partial charge on any atom is 0.144 e. The van der Waals surface area contributed by atoms with E-state index in [0.717, 1.165) is 30.3 Å². The maximum absolute atomic E-state index is 5.57. The minimum Gasteiger partial charge on any atom is -0.490 e. The first-order valence-electron chi connectivity index (χ1n) is 3.62. The fraction of sp³-hybridized carbons (Fsp3) is 0.250. The van der Waals surface area contributed by atoms with E-state index in [9.17, 15) is 0 Å². The molecule has 1 aromatic rings. The van der Waals surface area contributed by atoms with Crippen LogP contribution in [0.3, 0.4) is 0 Å². The maximum atomic E-state index is 5.57. The highest BCUT2D eigenvalue weighted by Gasteiger charge is 2.07. The van der Waals surface area contributed by atoms with E-state index in [1.54, 1.807) is 0 Å². The van der Waals surface area contributed by atoms with Gasteiger partial charge in [-0.2, -0.15) is 0 Å². The van der Waals surface area contributed by atoms with E-state index < -0.39 is 0 Å². The quantitative estimate of drug-likeness (QED) is 0.660. The summed E-state index contributed by atoms with van der Waals surface area (Å²) in [5.74, 6) is 0.858. The Hall–Kier alpha value is -0.800. The third kappa shape index (κ3) is 2.57. The smallest absolute Gasteiger partial charge is 0.144 e. The second kappa shape index (κ2) is 5.04. The molecule has 1 aliphatic rings. The Balaban J connectivity index is 0.000000720. The molecule has 0 atom stereocenters. The third-order valence-corrected chi connectivity index (χ3v) is 1.68. The van der Waals surface area contributed by atoms with Crippen molar-refractivity contribution in [1.29, 1.82) is 0 Å². The Bertz CT molecular complexity index is 281. The largest absolute Gasteiger partial charge is 0.490 e. The van der Waals surface area contributed by atoms with Gasteiger partial charge in [0.2, 0.25) is 0 Å². The molecule has 2 rings (SSSR count). The zero-order valence-corrected chi connectivity index (χ0v) is 8.58. The zero-order chi connectivity index (χ0) is 7.68. The molecule has 0 spiro atoms. The summed E-state index contributed by atoms with van der Waals surface area (Å²) in [6, 6.07) is 5.63. The highest BCUT2D eigenvalue weighted by Crippen LogP contribution is 2.28. The van der Waals surface area contributed by atoms with Crippen molar-refractivity contribution in [2.75, 3.05) is 24.2 Å². The molecule has 1 aliphatic heterocycles. The summed E-state index contributed by atoms with van der Waals surface area (Å²) >= 11 is 0. The molecule has 0 saturated carbocycles. The number of hydrogen-bond acceptors (Lipinski definition) is 3. The van der Waals surface area contributed by atoms with Crippen molar-refractivity contribution in [2.24, 2.45) is 0 Å². The van der Waals surface area contributed by atoms with Crippen LogP contribution < -0.4 is 15.8 Å². The molecule has 0 saturated heterocycles. The van der Waals surface area contributed by atoms with Crippen molar-refractivity contribution >= 4 is 36.2 Å². The minimum atomic E-state index is 0. The first kappa shape index (κ1) is 12.2. The SMILES string of the molecule is Cl.Cl.Nc1ccc2c(c1)OCCN2. The average Bonchev–Trinajstić information content (AvgIpc) is 2.04. The van der Waals surface area contributed by atoms with Crippen LogP contribution in [0.25, 0.3) is 0 Å². The Morgan fingerprint density at radius 2 is 2.08 bits per heavy atom. The van der Waals surface area contributed by atoms with Crippen LogP contribution in [0.15, 0.2) is 18.2 Å². The molecule has 1 heterocycles. The molecule has 13 heavy (non-hydrogen) atoms. The Labute approximate surface area is 89.5 Å². The highest BCUT2D eigenvalue weighted by molar-refractivity contribution is 5.85. The molecule has 0 unspecified atom stereocenters. The van der Waals surface area contributed by atoms with Crippen molar-refractivity contribution < 1.29 is 4.74 Å². The molecule has 5 heteroatoms. The van der Waals surface area contributed by atoms with Crippen molar-refractivity contribution in [3.63, 3.8) is 0 Å². The molecule has 0 radical (unpaired) electrons.